The highest BCUT2D eigenvalue weighted by atomic mass is 16.7. The van der Waals surface area contributed by atoms with E-state index in [4.69, 9.17) is 33.2 Å². The van der Waals surface area contributed by atoms with Gasteiger partial charge in [0.15, 0.2) is 0 Å². The predicted octanol–water partition coefficient (Wildman–Crippen LogP) is 7.21. The number of benzene rings is 1. The molecule has 1 aromatic heterocycles. The van der Waals surface area contributed by atoms with E-state index < -0.39 is 83.9 Å². The molecule has 3 N–H and O–H groups in total. The van der Waals surface area contributed by atoms with Crippen LogP contribution in [0.2, 0.25) is 0 Å². The second-order valence-electron chi connectivity index (χ2n) is 22.1. The molecule has 15 unspecified atom stereocenters. The standard InChI is InChI=1S/C57H85N3O14/c1-13-39-23-32(2)22-33(3)24-49(69-11)53-50(70-12)26-35(5)57(67,74-53)54(64)55(65)60-21-15-14-16-44(60)56(66)73-52(36(6)45(61)30-46(39)62)34(4)25-38-17-20-47(48(27-38)68-10)72-41-18-19-42-40(28-41)29-43(58-42)37(7)71-51(63)31-59(8)9/h18-19,23,25,28-29,33,35-39,44-45,47-50,52-53,58,61,67H,13-17,20-22,24,26-27,30-31H2,1-12H3. The summed E-state index contributed by atoms with van der Waals surface area (Å²) in [5.41, 5.74) is 3.30. The van der Waals surface area contributed by atoms with Crippen LogP contribution in [0.25, 0.3) is 10.9 Å². The van der Waals surface area contributed by atoms with Gasteiger partial charge in [-0.3, -0.25) is 24.1 Å². The maximum absolute atomic E-state index is 14.6. The molecule has 4 heterocycles. The van der Waals surface area contributed by atoms with E-state index in [-0.39, 0.29) is 68.1 Å². The second kappa shape index (κ2) is 26.0. The molecule has 1 amide bonds. The zero-order valence-electron chi connectivity index (χ0n) is 45.9. The number of hydrogen-bond acceptors (Lipinski definition) is 15. The summed E-state index contributed by atoms with van der Waals surface area (Å²) in [6.07, 6.45) is 3.55. The molecule has 2 saturated heterocycles. The third-order valence-electron chi connectivity index (χ3n) is 16.0. The zero-order chi connectivity index (χ0) is 54.2. The van der Waals surface area contributed by atoms with Gasteiger partial charge in [-0.25, -0.2) is 4.79 Å². The monoisotopic (exact) mass is 1040 g/mol. The van der Waals surface area contributed by atoms with E-state index in [1.54, 1.807) is 25.9 Å². The van der Waals surface area contributed by atoms with Crippen LogP contribution in [0, 0.1) is 29.6 Å². The number of cyclic esters (lactones) is 1. The first-order valence-corrected chi connectivity index (χ1v) is 26.8. The van der Waals surface area contributed by atoms with Crippen molar-refractivity contribution in [3.8, 4) is 5.75 Å². The first-order chi connectivity index (χ1) is 35.1. The molecule has 3 aliphatic heterocycles. The van der Waals surface area contributed by atoms with Crippen molar-refractivity contribution < 1.29 is 67.3 Å². The molecule has 412 valence electrons. The van der Waals surface area contributed by atoms with Crippen molar-refractivity contribution in [1.29, 1.82) is 0 Å². The lowest BCUT2D eigenvalue weighted by Crippen LogP contribution is -2.64. The largest absolute Gasteiger partial charge is 0.488 e. The van der Waals surface area contributed by atoms with Crippen LogP contribution in [0.1, 0.15) is 131 Å². The second-order valence-corrected chi connectivity index (χ2v) is 22.1. The van der Waals surface area contributed by atoms with Crippen LogP contribution in [0.15, 0.2) is 47.6 Å². The Hall–Kier alpha value is -4.49. The molecule has 1 saturated carbocycles. The summed E-state index contributed by atoms with van der Waals surface area (Å²) in [5.74, 6) is -7.36. The quantitative estimate of drug-likeness (QED) is 0.109. The summed E-state index contributed by atoms with van der Waals surface area (Å²) in [6.45, 7) is 13.3. The fourth-order valence-corrected chi connectivity index (χ4v) is 11.7. The summed E-state index contributed by atoms with van der Waals surface area (Å²) in [5, 5.41) is 25.0. The number of aliphatic hydroxyl groups is 2. The van der Waals surface area contributed by atoms with Crippen molar-refractivity contribution in [3.05, 3.63) is 53.3 Å². The number of ketones is 2. The van der Waals surface area contributed by atoms with Gasteiger partial charge in [-0.05, 0) is 141 Å². The maximum Gasteiger partial charge on any atom is 0.329 e. The van der Waals surface area contributed by atoms with E-state index in [9.17, 15) is 34.2 Å². The summed E-state index contributed by atoms with van der Waals surface area (Å²) in [6, 6.07) is 6.58. The Balaban J connectivity index is 1.26. The van der Waals surface area contributed by atoms with Gasteiger partial charge in [0.25, 0.3) is 11.7 Å². The number of Topliss-reactive ketones (excluding diaryl/α,β-unsaturated/α-hetero) is 2. The fourth-order valence-electron chi connectivity index (χ4n) is 11.7. The molecule has 2 bridgehead atoms. The number of piperidine rings is 1. The molecule has 15 atom stereocenters. The number of aromatic nitrogens is 1. The molecular weight excluding hydrogens is 951 g/mol. The molecule has 74 heavy (non-hydrogen) atoms. The average Bonchev–Trinajstić information content (AvgIpc) is 3.80. The molecule has 6 rings (SSSR count). The van der Waals surface area contributed by atoms with Gasteiger partial charge in [-0.2, -0.15) is 0 Å². The lowest BCUT2D eigenvalue weighted by atomic mass is 9.81. The van der Waals surface area contributed by atoms with Gasteiger partial charge in [0, 0.05) is 63.0 Å². The highest BCUT2D eigenvalue weighted by molar-refractivity contribution is 6.39. The zero-order valence-corrected chi connectivity index (χ0v) is 45.9. The number of carbonyl (C=O) groups is 5. The molecule has 1 aliphatic carbocycles. The van der Waals surface area contributed by atoms with Crippen molar-refractivity contribution in [2.24, 2.45) is 29.6 Å². The van der Waals surface area contributed by atoms with Crippen molar-refractivity contribution in [2.45, 2.75) is 180 Å². The number of nitrogens with one attached hydrogen (secondary N) is 1. The van der Waals surface area contributed by atoms with Crippen LogP contribution < -0.4 is 4.74 Å². The number of allylic oxidation sites excluding steroid dienone is 3. The van der Waals surface area contributed by atoms with Gasteiger partial charge in [-0.1, -0.05) is 45.4 Å². The van der Waals surface area contributed by atoms with Crippen molar-refractivity contribution >= 4 is 40.3 Å². The third-order valence-corrected chi connectivity index (χ3v) is 16.0. The number of aromatic amines is 1. The number of H-pyrrole nitrogens is 1. The van der Waals surface area contributed by atoms with Crippen LogP contribution in [0.4, 0.5) is 0 Å². The minimum atomic E-state index is -2.53. The minimum Gasteiger partial charge on any atom is -0.488 e. The molecule has 3 fully saturated rings. The number of ether oxygens (including phenoxy) is 7. The first-order valence-electron chi connectivity index (χ1n) is 26.8. The minimum absolute atomic E-state index is 0.0153. The van der Waals surface area contributed by atoms with E-state index in [1.165, 1.54) is 19.1 Å². The van der Waals surface area contributed by atoms with Crippen LogP contribution in [-0.2, 0) is 52.4 Å². The van der Waals surface area contributed by atoms with E-state index >= 15 is 0 Å². The van der Waals surface area contributed by atoms with E-state index in [2.05, 4.69) is 18.0 Å². The van der Waals surface area contributed by atoms with Gasteiger partial charge < -0.3 is 53.3 Å². The lowest BCUT2D eigenvalue weighted by Gasteiger charge is -2.47. The highest BCUT2D eigenvalue weighted by Gasteiger charge is 2.56. The number of methoxy groups -OCH3 is 3. The smallest absolute Gasteiger partial charge is 0.329 e. The number of esters is 2. The third kappa shape index (κ3) is 14.1. The molecule has 17 heteroatoms. The summed E-state index contributed by atoms with van der Waals surface area (Å²) in [7, 11) is 8.35. The van der Waals surface area contributed by atoms with Crippen LogP contribution in [0.5, 0.6) is 5.75 Å². The molecule has 1 aromatic carbocycles. The molecule has 4 aliphatic rings. The van der Waals surface area contributed by atoms with Crippen LogP contribution in [0.3, 0.4) is 0 Å². The fraction of sp³-hybridized carbons (Fsp3) is 0.702. The topological polar surface area (TPSA) is 213 Å². The molecule has 0 radical (unpaired) electrons. The molecule has 17 nitrogen and oxygen atoms in total. The predicted molar refractivity (Wildman–Crippen MR) is 278 cm³/mol. The van der Waals surface area contributed by atoms with Crippen molar-refractivity contribution in [2.75, 3.05) is 48.5 Å². The van der Waals surface area contributed by atoms with Gasteiger partial charge in [0.2, 0.25) is 5.79 Å². The van der Waals surface area contributed by atoms with Crippen LogP contribution >= 0.6 is 0 Å². The van der Waals surface area contributed by atoms with Crippen LogP contribution in [-0.4, -0.2) is 157 Å². The van der Waals surface area contributed by atoms with Gasteiger partial charge in [-0.15, -0.1) is 0 Å². The number of hydrogen-bond donors (Lipinski definition) is 3. The van der Waals surface area contributed by atoms with E-state index in [0.717, 1.165) is 22.2 Å². The van der Waals surface area contributed by atoms with E-state index in [0.29, 0.717) is 62.7 Å². The van der Waals surface area contributed by atoms with Crippen molar-refractivity contribution in [1.82, 2.24) is 14.8 Å². The Morgan fingerprint density at radius 3 is 2.32 bits per heavy atom. The average molecular weight is 1040 g/mol. The number of carbonyl (C=O) groups excluding carboxylic acids is 5. The number of fused-ring (bicyclic) bond motifs is 4. The van der Waals surface area contributed by atoms with Gasteiger partial charge in [0.1, 0.15) is 42.0 Å². The maximum atomic E-state index is 14.6. The Bertz CT molecular complexity index is 2330. The number of likely N-dealkylation sites (N-methyl/N-ethyl adjacent to an activating group) is 1. The SMILES string of the molecule is CCC1C=C(C)CC(C)CC(OC)C2OC(O)(C(=O)C(=O)N3CCCCC3C(=O)OC(C(C)=CC3CCC(Oc4ccc5[nH]c(C(C)OC(=O)CN(C)C)cc5c4)C(OC)C3)C(C)C(O)CC1=O)C(C)CC2OC. The first kappa shape index (κ1) is 58.8. The summed E-state index contributed by atoms with van der Waals surface area (Å²) >= 11 is 0. The Morgan fingerprint density at radius 2 is 1.65 bits per heavy atom. The number of aliphatic hydroxyl groups excluding tert-OH is 1. The summed E-state index contributed by atoms with van der Waals surface area (Å²) in [4.78, 5) is 76.2. The Labute approximate surface area is 438 Å². The lowest BCUT2D eigenvalue weighted by molar-refractivity contribution is -0.302. The van der Waals surface area contributed by atoms with Gasteiger partial charge in [0.05, 0.1) is 36.7 Å². The van der Waals surface area contributed by atoms with Crippen molar-refractivity contribution in [3.63, 3.8) is 0 Å². The number of rotatable bonds is 12. The number of amides is 1. The molecule has 0 spiro atoms. The van der Waals surface area contributed by atoms with Gasteiger partial charge >= 0.3 is 11.9 Å². The summed E-state index contributed by atoms with van der Waals surface area (Å²) < 4.78 is 42.8. The normalized spacial score (nSPS) is 34.1. The Kier molecular flexibility index (Phi) is 20.7. The number of nitrogens with zero attached hydrogens (tertiary/aromatic N) is 2. The van der Waals surface area contributed by atoms with E-state index in [1.807, 2.05) is 72.1 Å². The Morgan fingerprint density at radius 1 is 0.946 bits per heavy atom. The highest BCUT2D eigenvalue weighted by Crippen LogP contribution is 2.40. The molecular formula is C57H85N3O14. The molecule has 2 aromatic rings.